The molecule has 134 valence electrons. The van der Waals surface area contributed by atoms with Crippen LogP contribution in [-0.4, -0.2) is 23.6 Å². The van der Waals surface area contributed by atoms with Crippen LogP contribution >= 0.6 is 11.6 Å². The van der Waals surface area contributed by atoms with Crippen LogP contribution in [0.1, 0.15) is 35.1 Å². The third-order valence-corrected chi connectivity index (χ3v) is 5.36. The van der Waals surface area contributed by atoms with Crippen LogP contribution in [0.2, 0.25) is 5.02 Å². The summed E-state index contributed by atoms with van der Waals surface area (Å²) in [7, 11) is 0. The Morgan fingerprint density at radius 2 is 2.04 bits per heavy atom. The maximum Gasteiger partial charge on any atom is 0.330 e. The molecule has 26 heavy (non-hydrogen) atoms. The lowest BCUT2D eigenvalue weighted by Gasteiger charge is -2.16. The Morgan fingerprint density at radius 3 is 2.81 bits per heavy atom. The Hall–Kier alpha value is -2.53. The van der Waals surface area contributed by atoms with Crippen LogP contribution in [0, 0.1) is 5.92 Å². The van der Waals surface area contributed by atoms with Gasteiger partial charge in [-0.1, -0.05) is 35.9 Å². The van der Waals surface area contributed by atoms with E-state index in [1.54, 1.807) is 24.3 Å². The zero-order valence-electron chi connectivity index (χ0n) is 13.9. The molecule has 2 aromatic rings. The minimum absolute atomic E-state index is 0.0477. The minimum atomic E-state index is -1.08. The second-order valence-electron chi connectivity index (χ2n) is 6.72. The highest BCUT2D eigenvalue weighted by atomic mass is 35.5. The Kier molecular flexibility index (Phi) is 4.32. The van der Waals surface area contributed by atoms with Crippen LogP contribution in [-0.2, 0) is 16.0 Å². The molecular weight excluding hydrogens is 354 g/mol. The van der Waals surface area contributed by atoms with Crippen molar-refractivity contribution < 1.29 is 19.4 Å². The molecule has 6 heteroatoms. The number of rotatable bonds is 5. The predicted octanol–water partition coefficient (Wildman–Crippen LogP) is 3.32. The number of ether oxygens (including phenoxy) is 1. The summed E-state index contributed by atoms with van der Waals surface area (Å²) < 4.78 is 5.45. The zero-order chi connectivity index (χ0) is 18.3. The maximum atomic E-state index is 12.6. The number of fused-ring (bicyclic) bond motifs is 1. The number of hydrogen-bond acceptors (Lipinski definition) is 3. The average molecular weight is 372 g/mol. The van der Waals surface area contributed by atoms with Crippen molar-refractivity contribution in [1.82, 2.24) is 5.32 Å². The molecule has 1 amide bonds. The summed E-state index contributed by atoms with van der Waals surface area (Å²) in [5.74, 6) is -0.738. The molecule has 2 N–H and O–H groups in total. The average Bonchev–Trinajstić information content (AvgIpc) is 3.28. The summed E-state index contributed by atoms with van der Waals surface area (Å²) in [6.07, 6.45) is 1.43. The number of carboxylic acid groups (broad SMARTS) is 1. The van der Waals surface area contributed by atoms with Crippen LogP contribution in [0.4, 0.5) is 0 Å². The van der Waals surface area contributed by atoms with E-state index in [0.29, 0.717) is 23.6 Å². The van der Waals surface area contributed by atoms with Gasteiger partial charge in [0.25, 0.3) is 0 Å². The van der Waals surface area contributed by atoms with E-state index < -0.39 is 12.0 Å². The molecule has 0 saturated heterocycles. The van der Waals surface area contributed by atoms with Gasteiger partial charge in [0.15, 0.2) is 6.04 Å². The van der Waals surface area contributed by atoms with Gasteiger partial charge in [0.1, 0.15) is 5.75 Å². The molecule has 3 unspecified atom stereocenters. The topological polar surface area (TPSA) is 75.6 Å². The molecule has 0 bridgehead atoms. The largest absolute Gasteiger partial charge is 0.493 e. The Bertz CT molecular complexity index is 882. The lowest BCUT2D eigenvalue weighted by molar-refractivity contribution is -0.142. The second kappa shape index (κ2) is 6.65. The lowest BCUT2D eigenvalue weighted by atomic mass is 10.0. The highest BCUT2D eigenvalue weighted by Gasteiger charge is 2.45. The van der Waals surface area contributed by atoms with Crippen LogP contribution in [0.3, 0.4) is 0 Å². The van der Waals surface area contributed by atoms with Crippen molar-refractivity contribution in [3.63, 3.8) is 0 Å². The first-order valence-corrected chi connectivity index (χ1v) is 8.95. The predicted molar refractivity (Wildman–Crippen MR) is 96.5 cm³/mol. The van der Waals surface area contributed by atoms with E-state index in [1.807, 2.05) is 18.2 Å². The molecule has 2 aliphatic rings. The Balaban J connectivity index is 1.49. The van der Waals surface area contributed by atoms with Crippen LogP contribution < -0.4 is 10.1 Å². The zero-order valence-corrected chi connectivity index (χ0v) is 14.7. The molecule has 1 heterocycles. The first-order valence-electron chi connectivity index (χ1n) is 8.58. The molecule has 4 rings (SSSR count). The molecule has 0 spiro atoms. The summed E-state index contributed by atoms with van der Waals surface area (Å²) in [4.78, 5) is 24.3. The number of aliphatic carboxylic acids is 1. The van der Waals surface area contributed by atoms with E-state index in [1.165, 1.54) is 0 Å². The van der Waals surface area contributed by atoms with E-state index in [4.69, 9.17) is 16.3 Å². The van der Waals surface area contributed by atoms with Gasteiger partial charge in [-0.05, 0) is 47.2 Å². The van der Waals surface area contributed by atoms with Gasteiger partial charge in [-0.3, -0.25) is 4.79 Å². The highest BCUT2D eigenvalue weighted by molar-refractivity contribution is 6.31. The van der Waals surface area contributed by atoms with Crippen molar-refractivity contribution in [3.05, 3.63) is 64.2 Å². The molecule has 1 fully saturated rings. The number of carbonyl (C=O) groups excluding carboxylic acids is 1. The van der Waals surface area contributed by atoms with Crippen molar-refractivity contribution in [2.75, 3.05) is 6.61 Å². The molecule has 2 aromatic carbocycles. The number of carbonyl (C=O) groups is 2. The summed E-state index contributed by atoms with van der Waals surface area (Å²) in [5, 5.41) is 12.9. The quantitative estimate of drug-likeness (QED) is 0.845. The molecule has 0 radical (unpaired) electrons. The van der Waals surface area contributed by atoms with Crippen molar-refractivity contribution >= 4 is 23.5 Å². The van der Waals surface area contributed by atoms with E-state index in [0.717, 1.165) is 23.3 Å². The number of nitrogens with one attached hydrogen (secondary N) is 1. The third-order valence-electron chi connectivity index (χ3n) is 5.01. The molecule has 0 aromatic heterocycles. The van der Waals surface area contributed by atoms with Gasteiger partial charge in [-0.15, -0.1) is 0 Å². The van der Waals surface area contributed by atoms with Gasteiger partial charge in [-0.2, -0.15) is 0 Å². The van der Waals surface area contributed by atoms with E-state index in [9.17, 15) is 14.7 Å². The SMILES string of the molecule is O=C(O)C(NC(=O)C1CC1c1ccccc1Cl)c1ccc2c(c1)CCO2. The lowest BCUT2D eigenvalue weighted by Crippen LogP contribution is -2.35. The first kappa shape index (κ1) is 16.9. The number of hydrogen-bond donors (Lipinski definition) is 2. The Labute approximate surface area is 155 Å². The molecule has 1 aliphatic carbocycles. The van der Waals surface area contributed by atoms with Crippen LogP contribution in [0.5, 0.6) is 5.75 Å². The number of benzene rings is 2. The number of amides is 1. The normalized spacial score (nSPS) is 21.4. The number of carboxylic acids is 1. The fourth-order valence-electron chi connectivity index (χ4n) is 3.53. The van der Waals surface area contributed by atoms with Crippen LogP contribution in [0.15, 0.2) is 42.5 Å². The van der Waals surface area contributed by atoms with E-state index in [2.05, 4.69) is 5.32 Å². The van der Waals surface area contributed by atoms with Crippen molar-refractivity contribution in [1.29, 1.82) is 0 Å². The molecule has 5 nitrogen and oxygen atoms in total. The molecule has 1 saturated carbocycles. The molecule has 3 atom stereocenters. The molecule has 1 aliphatic heterocycles. The van der Waals surface area contributed by atoms with Crippen molar-refractivity contribution in [3.8, 4) is 5.75 Å². The summed E-state index contributed by atoms with van der Waals surface area (Å²) in [6, 6.07) is 11.7. The van der Waals surface area contributed by atoms with Gasteiger partial charge >= 0.3 is 5.97 Å². The van der Waals surface area contributed by atoms with Crippen LogP contribution in [0.25, 0.3) is 0 Å². The highest BCUT2D eigenvalue weighted by Crippen LogP contribution is 2.49. The molecular formula is C20H18ClNO4. The fraction of sp³-hybridized carbons (Fsp3) is 0.300. The van der Waals surface area contributed by atoms with Gasteiger partial charge in [-0.25, -0.2) is 4.79 Å². The van der Waals surface area contributed by atoms with Gasteiger partial charge in [0.2, 0.25) is 5.91 Å². The third kappa shape index (κ3) is 3.15. The van der Waals surface area contributed by atoms with E-state index in [-0.39, 0.29) is 17.7 Å². The van der Waals surface area contributed by atoms with E-state index >= 15 is 0 Å². The van der Waals surface area contributed by atoms with Crippen molar-refractivity contribution in [2.24, 2.45) is 5.92 Å². The van der Waals surface area contributed by atoms with Gasteiger partial charge in [0.05, 0.1) is 6.61 Å². The maximum absolute atomic E-state index is 12.6. The first-order chi connectivity index (χ1) is 12.5. The summed E-state index contributed by atoms with van der Waals surface area (Å²) in [6.45, 7) is 0.602. The monoisotopic (exact) mass is 371 g/mol. The summed E-state index contributed by atoms with van der Waals surface area (Å²) >= 11 is 6.20. The van der Waals surface area contributed by atoms with Crippen molar-refractivity contribution in [2.45, 2.75) is 24.8 Å². The second-order valence-corrected chi connectivity index (χ2v) is 7.12. The fourth-order valence-corrected chi connectivity index (χ4v) is 3.80. The smallest absolute Gasteiger partial charge is 0.330 e. The Morgan fingerprint density at radius 1 is 1.23 bits per heavy atom. The number of halogens is 1. The summed E-state index contributed by atoms with van der Waals surface area (Å²) in [5.41, 5.74) is 2.48. The standard InChI is InChI=1S/C20H18ClNO4/c21-16-4-2-1-3-13(16)14-10-15(14)19(23)22-18(20(24)25)12-5-6-17-11(9-12)7-8-26-17/h1-6,9,14-15,18H,7-8,10H2,(H,22,23)(H,24,25). The van der Waals surface area contributed by atoms with Gasteiger partial charge < -0.3 is 15.2 Å². The van der Waals surface area contributed by atoms with Gasteiger partial charge in [0, 0.05) is 17.4 Å². The minimum Gasteiger partial charge on any atom is -0.493 e.